The first-order valence-corrected chi connectivity index (χ1v) is 9.19. The van der Waals surface area contributed by atoms with Crippen molar-refractivity contribution in [3.8, 4) is 11.4 Å². The van der Waals surface area contributed by atoms with Gasteiger partial charge in [0.15, 0.2) is 17.5 Å². The molecule has 0 aliphatic carbocycles. The number of nitrogens with zero attached hydrogens (tertiary/aromatic N) is 3. The summed E-state index contributed by atoms with van der Waals surface area (Å²) in [6.07, 6.45) is -0.565. The topological polar surface area (TPSA) is 95.6 Å². The van der Waals surface area contributed by atoms with Gasteiger partial charge < -0.3 is 15.6 Å². The summed E-state index contributed by atoms with van der Waals surface area (Å²) in [6, 6.07) is 1.64. The standard InChI is InChI=1S/C18H17ClF4N6O.2H2/c1-3-17(2,16(30)27-8-18(21,22)23)29-15-12(20)7-26-14(28-15)11-6-25-13-10(11)4-9(19)5-24-13;;/h4-7H,3,8H2,1-2H3,(H,24,25)(H,27,30)(H,26,28,29);2*1H/t17-;;/m0../s1. The molecule has 1 amide bonds. The Labute approximate surface area is 176 Å². The third-order valence-corrected chi connectivity index (χ3v) is 4.74. The molecule has 12 heteroatoms. The number of fused-ring (bicyclic) bond motifs is 1. The van der Waals surface area contributed by atoms with Gasteiger partial charge in [0.25, 0.3) is 0 Å². The second-order valence-electron chi connectivity index (χ2n) is 6.75. The van der Waals surface area contributed by atoms with E-state index in [1.807, 2.05) is 0 Å². The fraction of sp³-hybridized carbons (Fsp3) is 0.333. The summed E-state index contributed by atoms with van der Waals surface area (Å²) in [5.74, 6) is -2.01. The monoisotopic (exact) mass is 448 g/mol. The van der Waals surface area contributed by atoms with Crippen molar-refractivity contribution in [1.29, 1.82) is 0 Å². The molecule has 3 N–H and O–H groups in total. The minimum absolute atomic E-state index is 0. The highest BCUT2D eigenvalue weighted by Gasteiger charge is 2.36. The molecule has 1 atom stereocenters. The van der Waals surface area contributed by atoms with Crippen LogP contribution in [0.2, 0.25) is 5.02 Å². The van der Waals surface area contributed by atoms with Gasteiger partial charge in [-0.1, -0.05) is 18.5 Å². The summed E-state index contributed by atoms with van der Waals surface area (Å²) in [4.78, 5) is 27.5. The molecular weight excluding hydrogens is 428 g/mol. The maximum Gasteiger partial charge on any atom is 0.405 e. The Balaban J connectivity index is 0.00000256. The highest BCUT2D eigenvalue weighted by atomic mass is 35.5. The first-order valence-electron chi connectivity index (χ1n) is 8.81. The van der Waals surface area contributed by atoms with Crippen molar-refractivity contribution in [2.45, 2.75) is 32.0 Å². The fourth-order valence-electron chi connectivity index (χ4n) is 2.69. The molecule has 164 valence electrons. The molecule has 0 radical (unpaired) electrons. The largest absolute Gasteiger partial charge is 0.405 e. The predicted molar refractivity (Wildman–Crippen MR) is 108 cm³/mol. The molecule has 0 aliphatic rings. The number of rotatable bonds is 6. The number of aromatic amines is 1. The van der Waals surface area contributed by atoms with Gasteiger partial charge in [0.05, 0.1) is 11.2 Å². The lowest BCUT2D eigenvalue weighted by molar-refractivity contribution is -0.140. The molecule has 0 unspecified atom stereocenters. The normalized spacial score (nSPS) is 13.8. The van der Waals surface area contributed by atoms with Crippen molar-refractivity contribution in [2.24, 2.45) is 0 Å². The van der Waals surface area contributed by atoms with Crippen molar-refractivity contribution in [2.75, 3.05) is 11.9 Å². The number of anilines is 1. The van der Waals surface area contributed by atoms with E-state index in [1.165, 1.54) is 13.1 Å². The molecule has 30 heavy (non-hydrogen) atoms. The fourth-order valence-corrected chi connectivity index (χ4v) is 2.85. The second kappa shape index (κ2) is 8.05. The van der Waals surface area contributed by atoms with Crippen LogP contribution in [0.3, 0.4) is 0 Å². The number of hydrogen-bond acceptors (Lipinski definition) is 5. The molecule has 0 aromatic carbocycles. The molecule has 0 fully saturated rings. The zero-order valence-corrected chi connectivity index (χ0v) is 16.6. The molecule has 0 saturated carbocycles. The second-order valence-corrected chi connectivity index (χ2v) is 7.19. The van der Waals surface area contributed by atoms with Crippen LogP contribution in [-0.4, -0.2) is 44.1 Å². The molecule has 0 spiro atoms. The van der Waals surface area contributed by atoms with Gasteiger partial charge in [-0.2, -0.15) is 13.2 Å². The number of aromatic nitrogens is 4. The van der Waals surface area contributed by atoms with Gasteiger partial charge in [-0.25, -0.2) is 19.3 Å². The molecule has 3 heterocycles. The average molecular weight is 449 g/mol. The Kier molecular flexibility index (Phi) is 5.84. The number of carbonyl (C=O) groups is 1. The molecule has 3 aromatic rings. The van der Waals surface area contributed by atoms with E-state index < -0.39 is 30.0 Å². The summed E-state index contributed by atoms with van der Waals surface area (Å²) in [5.41, 5.74) is -0.535. The van der Waals surface area contributed by atoms with Crippen LogP contribution in [0, 0.1) is 5.82 Å². The summed E-state index contributed by atoms with van der Waals surface area (Å²) >= 11 is 5.98. The minimum atomic E-state index is -4.57. The Morgan fingerprint density at radius 3 is 2.70 bits per heavy atom. The first kappa shape index (κ1) is 21.8. The molecule has 7 nitrogen and oxygen atoms in total. The molecule has 0 bridgehead atoms. The number of amides is 1. The van der Waals surface area contributed by atoms with Gasteiger partial charge in [-0.15, -0.1) is 0 Å². The molecule has 3 aromatic heterocycles. The summed E-state index contributed by atoms with van der Waals surface area (Å²) < 4.78 is 51.7. The molecule has 0 saturated heterocycles. The van der Waals surface area contributed by atoms with Crippen molar-refractivity contribution < 1.29 is 25.2 Å². The maximum absolute atomic E-state index is 14.4. The zero-order valence-electron chi connectivity index (χ0n) is 15.9. The number of halogens is 5. The van der Waals surface area contributed by atoms with Crippen molar-refractivity contribution in [3.05, 3.63) is 35.5 Å². The van der Waals surface area contributed by atoms with Crippen molar-refractivity contribution >= 4 is 34.4 Å². The average Bonchev–Trinajstić information content (AvgIpc) is 3.10. The Hall–Kier alpha value is -2.95. The Morgan fingerprint density at radius 1 is 1.30 bits per heavy atom. The summed E-state index contributed by atoms with van der Waals surface area (Å²) in [6.45, 7) is 1.44. The van der Waals surface area contributed by atoms with Crippen molar-refractivity contribution in [3.63, 3.8) is 0 Å². The summed E-state index contributed by atoms with van der Waals surface area (Å²) in [5, 5.41) is 5.40. The van der Waals surface area contributed by atoms with Crippen LogP contribution in [0.1, 0.15) is 23.1 Å². The quantitative estimate of drug-likeness (QED) is 0.480. The van der Waals surface area contributed by atoms with Crippen LogP contribution in [0.5, 0.6) is 0 Å². The van der Waals surface area contributed by atoms with Gasteiger partial charge in [0, 0.05) is 26.2 Å². The number of nitrogens with one attached hydrogen (secondary N) is 3. The van der Waals surface area contributed by atoms with E-state index in [2.05, 4.69) is 25.3 Å². The molecule has 3 rings (SSSR count). The third-order valence-electron chi connectivity index (χ3n) is 4.53. The lowest BCUT2D eigenvalue weighted by Gasteiger charge is -2.29. The van der Waals surface area contributed by atoms with Gasteiger partial charge in [-0.05, 0) is 19.4 Å². The van der Waals surface area contributed by atoms with Gasteiger partial charge in [0.2, 0.25) is 5.91 Å². The van der Waals surface area contributed by atoms with E-state index in [0.717, 1.165) is 6.20 Å². The number of pyridine rings is 1. The zero-order chi connectivity index (χ0) is 22.1. The van der Waals surface area contributed by atoms with Crippen LogP contribution in [0.4, 0.5) is 23.4 Å². The highest BCUT2D eigenvalue weighted by Crippen LogP contribution is 2.29. The van der Waals surface area contributed by atoms with Crippen LogP contribution >= 0.6 is 11.6 Å². The first-order chi connectivity index (χ1) is 14.0. The number of alkyl halides is 3. The summed E-state index contributed by atoms with van der Waals surface area (Å²) in [7, 11) is 0. The SMILES string of the molecule is CC[C@](C)(Nc1nc(-c2c[nH]c3ncc(Cl)cc23)ncc1F)C(=O)NCC(F)(F)F.[HH].[HH]. The minimum Gasteiger partial charge on any atom is -0.354 e. The van der Waals surface area contributed by atoms with Gasteiger partial charge in [0.1, 0.15) is 17.7 Å². The van der Waals surface area contributed by atoms with E-state index in [9.17, 15) is 22.4 Å². The van der Waals surface area contributed by atoms with E-state index in [0.29, 0.717) is 21.6 Å². The molecular formula is C18H21ClF4N6O. The van der Waals surface area contributed by atoms with Crippen LogP contribution < -0.4 is 10.6 Å². The van der Waals surface area contributed by atoms with E-state index in [4.69, 9.17) is 11.6 Å². The van der Waals surface area contributed by atoms with Crippen LogP contribution in [-0.2, 0) is 4.79 Å². The van der Waals surface area contributed by atoms with Crippen molar-refractivity contribution in [1.82, 2.24) is 25.3 Å². The van der Waals surface area contributed by atoms with Crippen LogP contribution in [0.15, 0.2) is 24.7 Å². The maximum atomic E-state index is 14.4. The number of hydrogen-bond donors (Lipinski definition) is 3. The van der Waals surface area contributed by atoms with Crippen LogP contribution in [0.25, 0.3) is 22.4 Å². The smallest absolute Gasteiger partial charge is 0.354 e. The van der Waals surface area contributed by atoms with Gasteiger partial charge >= 0.3 is 6.18 Å². The highest BCUT2D eigenvalue weighted by molar-refractivity contribution is 6.31. The Bertz CT molecular complexity index is 1100. The molecule has 0 aliphatic heterocycles. The van der Waals surface area contributed by atoms with E-state index in [-0.39, 0.29) is 20.9 Å². The van der Waals surface area contributed by atoms with E-state index >= 15 is 0 Å². The Morgan fingerprint density at radius 2 is 2.03 bits per heavy atom. The number of carbonyl (C=O) groups excluding carboxylic acids is 1. The lowest BCUT2D eigenvalue weighted by atomic mass is 9.97. The third kappa shape index (κ3) is 4.61. The lowest BCUT2D eigenvalue weighted by Crippen LogP contribution is -2.52. The van der Waals surface area contributed by atoms with Gasteiger partial charge in [-0.3, -0.25) is 4.79 Å². The predicted octanol–water partition coefficient (Wildman–Crippen LogP) is 4.56. The van der Waals surface area contributed by atoms with E-state index in [1.54, 1.807) is 24.5 Å². The number of H-pyrrole nitrogens is 1.